The largest absolute Gasteiger partial charge is 0.469 e. The van der Waals surface area contributed by atoms with Gasteiger partial charge >= 0.3 is 5.69 Å². The number of hydrogen-bond acceptors (Lipinski definition) is 7. The molecular formula is C16H23N3O5. The fraction of sp³-hybridized carbons (Fsp3) is 0.625. The molecule has 1 aliphatic heterocycles. The molecule has 0 saturated heterocycles. The van der Waals surface area contributed by atoms with Crippen molar-refractivity contribution in [2.45, 2.75) is 51.4 Å². The number of aliphatic hydroxyl groups is 2. The molecule has 3 atom stereocenters. The molecule has 2 heterocycles. The summed E-state index contributed by atoms with van der Waals surface area (Å²) < 4.78 is 12.1. The summed E-state index contributed by atoms with van der Waals surface area (Å²) in [6, 6.07) is 2.09. The van der Waals surface area contributed by atoms with Crippen LogP contribution in [0.4, 0.5) is 5.82 Å². The van der Waals surface area contributed by atoms with Gasteiger partial charge in [0.15, 0.2) is 6.29 Å². The van der Waals surface area contributed by atoms with Gasteiger partial charge in [0.2, 0.25) is 6.23 Å². The first-order valence-corrected chi connectivity index (χ1v) is 8.15. The SMILES string of the molecule is CC(C)C(O)OCC1=C[C@@H](O)[C@H](n2ccc(NC3CC3)nc2=O)O1. The number of ether oxygens (including phenoxy) is 2. The van der Waals surface area contributed by atoms with Crippen LogP contribution in [0.1, 0.15) is 32.9 Å². The molecule has 1 fully saturated rings. The molecule has 8 heteroatoms. The van der Waals surface area contributed by atoms with E-state index in [-0.39, 0.29) is 12.5 Å². The number of aromatic nitrogens is 2. The van der Waals surface area contributed by atoms with Crippen LogP contribution in [0.3, 0.4) is 0 Å². The third kappa shape index (κ3) is 3.95. The second-order valence-corrected chi connectivity index (χ2v) is 6.50. The van der Waals surface area contributed by atoms with Gasteiger partial charge in [-0.25, -0.2) is 4.79 Å². The van der Waals surface area contributed by atoms with Crippen LogP contribution in [-0.4, -0.2) is 44.8 Å². The van der Waals surface area contributed by atoms with Crippen molar-refractivity contribution < 1.29 is 19.7 Å². The minimum atomic E-state index is -0.985. The lowest BCUT2D eigenvalue weighted by Gasteiger charge is -2.19. The van der Waals surface area contributed by atoms with Crippen molar-refractivity contribution in [2.24, 2.45) is 5.92 Å². The van der Waals surface area contributed by atoms with Gasteiger partial charge in [-0.05, 0) is 25.0 Å². The molecule has 8 nitrogen and oxygen atoms in total. The van der Waals surface area contributed by atoms with Gasteiger partial charge in [-0.2, -0.15) is 4.98 Å². The Labute approximate surface area is 139 Å². The predicted octanol–water partition coefficient (Wildman–Crippen LogP) is 0.582. The Morgan fingerprint density at radius 2 is 2.25 bits per heavy atom. The van der Waals surface area contributed by atoms with E-state index in [1.54, 1.807) is 12.3 Å². The number of hydrogen-bond donors (Lipinski definition) is 3. The van der Waals surface area contributed by atoms with Crippen LogP contribution in [0.2, 0.25) is 0 Å². The molecule has 1 unspecified atom stereocenters. The van der Waals surface area contributed by atoms with E-state index in [4.69, 9.17) is 9.47 Å². The Morgan fingerprint density at radius 1 is 1.50 bits per heavy atom. The first kappa shape index (κ1) is 16.9. The average molecular weight is 337 g/mol. The van der Waals surface area contributed by atoms with Crippen molar-refractivity contribution in [3.05, 3.63) is 34.6 Å². The molecule has 24 heavy (non-hydrogen) atoms. The lowest BCUT2D eigenvalue weighted by Crippen LogP contribution is -2.32. The van der Waals surface area contributed by atoms with Crippen LogP contribution in [-0.2, 0) is 9.47 Å². The Morgan fingerprint density at radius 3 is 2.88 bits per heavy atom. The summed E-state index contributed by atoms with van der Waals surface area (Å²) in [5, 5.41) is 22.9. The Balaban J connectivity index is 1.62. The summed E-state index contributed by atoms with van der Waals surface area (Å²) in [7, 11) is 0. The van der Waals surface area contributed by atoms with E-state index in [0.29, 0.717) is 17.6 Å². The number of nitrogens with one attached hydrogen (secondary N) is 1. The van der Waals surface area contributed by atoms with Crippen LogP contribution in [0.5, 0.6) is 0 Å². The summed E-state index contributed by atoms with van der Waals surface area (Å²) >= 11 is 0. The summed E-state index contributed by atoms with van der Waals surface area (Å²) in [5.74, 6) is 0.855. The number of nitrogens with zero attached hydrogens (tertiary/aromatic N) is 2. The van der Waals surface area contributed by atoms with E-state index in [0.717, 1.165) is 12.8 Å². The molecule has 1 aromatic heterocycles. The maximum Gasteiger partial charge on any atom is 0.352 e. The first-order valence-electron chi connectivity index (χ1n) is 8.15. The number of anilines is 1. The van der Waals surface area contributed by atoms with Crippen LogP contribution in [0.15, 0.2) is 28.9 Å². The molecule has 1 saturated carbocycles. The molecular weight excluding hydrogens is 314 g/mol. The van der Waals surface area contributed by atoms with E-state index in [1.165, 1.54) is 10.6 Å². The highest BCUT2D eigenvalue weighted by Gasteiger charge is 2.31. The lowest BCUT2D eigenvalue weighted by atomic mass is 10.2. The van der Waals surface area contributed by atoms with E-state index in [2.05, 4.69) is 10.3 Å². The fourth-order valence-corrected chi connectivity index (χ4v) is 2.32. The monoisotopic (exact) mass is 337 g/mol. The first-order chi connectivity index (χ1) is 11.4. The van der Waals surface area contributed by atoms with Crippen molar-refractivity contribution in [3.8, 4) is 0 Å². The minimum Gasteiger partial charge on any atom is -0.469 e. The summed E-state index contributed by atoms with van der Waals surface area (Å²) in [6.07, 6.45) is 2.42. The third-order valence-electron chi connectivity index (χ3n) is 3.92. The predicted molar refractivity (Wildman–Crippen MR) is 86.2 cm³/mol. The normalized spacial score (nSPS) is 24.6. The summed E-state index contributed by atoms with van der Waals surface area (Å²) in [4.78, 5) is 16.1. The van der Waals surface area contributed by atoms with Crippen LogP contribution in [0.25, 0.3) is 0 Å². The van der Waals surface area contributed by atoms with Gasteiger partial charge < -0.3 is 25.0 Å². The van der Waals surface area contributed by atoms with Gasteiger partial charge in [0.1, 0.15) is 24.3 Å². The van der Waals surface area contributed by atoms with Crippen molar-refractivity contribution in [1.82, 2.24) is 9.55 Å². The van der Waals surface area contributed by atoms with E-state index in [9.17, 15) is 15.0 Å². The topological polar surface area (TPSA) is 106 Å². The fourth-order valence-electron chi connectivity index (χ4n) is 2.32. The third-order valence-corrected chi connectivity index (χ3v) is 3.92. The van der Waals surface area contributed by atoms with Crippen LogP contribution < -0.4 is 11.0 Å². The van der Waals surface area contributed by atoms with E-state index in [1.807, 2.05) is 13.8 Å². The maximum atomic E-state index is 12.2. The zero-order valence-electron chi connectivity index (χ0n) is 13.8. The van der Waals surface area contributed by atoms with Crippen molar-refractivity contribution >= 4 is 5.82 Å². The van der Waals surface area contributed by atoms with Crippen molar-refractivity contribution in [2.75, 3.05) is 11.9 Å². The van der Waals surface area contributed by atoms with Gasteiger partial charge in [-0.3, -0.25) is 4.57 Å². The quantitative estimate of drug-likeness (QED) is 0.625. The second kappa shape index (κ2) is 6.92. The molecule has 3 rings (SSSR count). The lowest BCUT2D eigenvalue weighted by molar-refractivity contribution is -0.129. The molecule has 0 bridgehead atoms. The van der Waals surface area contributed by atoms with Crippen molar-refractivity contribution in [3.63, 3.8) is 0 Å². The summed E-state index contributed by atoms with van der Waals surface area (Å²) in [5.41, 5.74) is -0.498. The van der Waals surface area contributed by atoms with Crippen LogP contribution in [0, 0.1) is 5.92 Å². The van der Waals surface area contributed by atoms with E-state index < -0.39 is 24.3 Å². The van der Waals surface area contributed by atoms with Gasteiger partial charge in [0, 0.05) is 18.2 Å². The molecule has 2 aliphatic rings. The number of rotatable bonds is 7. The highest BCUT2D eigenvalue weighted by atomic mass is 16.6. The van der Waals surface area contributed by atoms with Gasteiger partial charge in [0.05, 0.1) is 0 Å². The smallest absolute Gasteiger partial charge is 0.352 e. The zero-order chi connectivity index (χ0) is 17.3. The highest BCUT2D eigenvalue weighted by molar-refractivity contribution is 5.35. The molecule has 0 spiro atoms. The molecule has 3 N–H and O–H groups in total. The Bertz CT molecular complexity index is 668. The van der Waals surface area contributed by atoms with Gasteiger partial charge in [-0.15, -0.1) is 0 Å². The van der Waals surface area contributed by atoms with Crippen LogP contribution >= 0.6 is 0 Å². The highest BCUT2D eigenvalue weighted by Crippen LogP contribution is 2.27. The Kier molecular flexibility index (Phi) is 4.88. The second-order valence-electron chi connectivity index (χ2n) is 6.50. The molecule has 0 amide bonds. The minimum absolute atomic E-state index is 0.0242. The Hall–Kier alpha value is -1.90. The molecule has 0 radical (unpaired) electrons. The van der Waals surface area contributed by atoms with Gasteiger partial charge in [-0.1, -0.05) is 13.8 Å². The van der Waals surface area contributed by atoms with Crippen molar-refractivity contribution in [1.29, 1.82) is 0 Å². The maximum absolute atomic E-state index is 12.2. The average Bonchev–Trinajstić information content (AvgIpc) is 3.26. The van der Waals surface area contributed by atoms with E-state index >= 15 is 0 Å². The zero-order valence-corrected chi connectivity index (χ0v) is 13.8. The van der Waals surface area contributed by atoms with Gasteiger partial charge in [0.25, 0.3) is 0 Å². The summed E-state index contributed by atoms with van der Waals surface area (Å²) in [6.45, 7) is 3.68. The molecule has 1 aliphatic carbocycles. The molecule has 0 aromatic carbocycles. The standard InChI is InChI=1S/C16H23N3O5/c1-9(2)15(21)23-8-11-7-12(20)14(24-11)19-6-5-13(18-16(19)22)17-10-3-4-10/h5-7,9-10,12,14-15,20-21H,3-4,8H2,1-2H3,(H,17,18,22)/t12-,14-,15?/m1/s1. The molecule has 132 valence electrons. The molecule has 1 aromatic rings. The number of aliphatic hydroxyl groups excluding tert-OH is 2.